The van der Waals surface area contributed by atoms with E-state index in [4.69, 9.17) is 16.3 Å². The summed E-state index contributed by atoms with van der Waals surface area (Å²) in [7, 11) is 0. The molecule has 0 aromatic heterocycles. The molecule has 1 aromatic carbocycles. The Labute approximate surface area is 135 Å². The van der Waals surface area contributed by atoms with Gasteiger partial charge in [0.25, 0.3) is 5.91 Å². The molecule has 1 aliphatic carbocycles. The Morgan fingerprint density at radius 1 is 1.18 bits per heavy atom. The molecule has 2 rings (SSSR count). The fourth-order valence-corrected chi connectivity index (χ4v) is 2.18. The van der Waals surface area contributed by atoms with Gasteiger partial charge in [-0.2, -0.15) is 0 Å². The SMILES string of the molecule is Cc1cc(OCC(=O)NCCNC(=O)C2CC2)cc(C)c1Cl. The Kier molecular flexibility index (Phi) is 5.66. The summed E-state index contributed by atoms with van der Waals surface area (Å²) in [5.74, 6) is 0.676. The van der Waals surface area contributed by atoms with Gasteiger partial charge in [-0.1, -0.05) is 11.6 Å². The zero-order chi connectivity index (χ0) is 16.1. The van der Waals surface area contributed by atoms with Crippen LogP contribution in [0.25, 0.3) is 0 Å². The number of ether oxygens (including phenoxy) is 1. The second-order valence-corrected chi connectivity index (χ2v) is 5.95. The summed E-state index contributed by atoms with van der Waals surface area (Å²) in [6.07, 6.45) is 1.96. The summed E-state index contributed by atoms with van der Waals surface area (Å²) in [6.45, 7) is 4.58. The summed E-state index contributed by atoms with van der Waals surface area (Å²) in [6, 6.07) is 3.61. The molecule has 22 heavy (non-hydrogen) atoms. The molecule has 1 aliphatic rings. The number of nitrogens with one attached hydrogen (secondary N) is 2. The fraction of sp³-hybridized carbons (Fsp3) is 0.500. The molecule has 1 saturated carbocycles. The summed E-state index contributed by atoms with van der Waals surface area (Å²) in [4.78, 5) is 23.1. The molecule has 0 spiro atoms. The number of hydrogen-bond acceptors (Lipinski definition) is 3. The molecule has 0 unspecified atom stereocenters. The van der Waals surface area contributed by atoms with E-state index in [0.29, 0.717) is 23.9 Å². The Balaban J connectivity index is 1.65. The Morgan fingerprint density at radius 3 is 2.36 bits per heavy atom. The summed E-state index contributed by atoms with van der Waals surface area (Å²) in [5.41, 5.74) is 1.83. The van der Waals surface area contributed by atoms with Crippen molar-refractivity contribution in [3.8, 4) is 5.75 Å². The monoisotopic (exact) mass is 324 g/mol. The Morgan fingerprint density at radius 2 is 1.77 bits per heavy atom. The lowest BCUT2D eigenvalue weighted by molar-refractivity contribution is -0.124. The van der Waals surface area contributed by atoms with Crippen LogP contribution in [0.15, 0.2) is 12.1 Å². The van der Waals surface area contributed by atoms with E-state index in [0.717, 1.165) is 24.0 Å². The Hall–Kier alpha value is -1.75. The van der Waals surface area contributed by atoms with Crippen LogP contribution >= 0.6 is 11.6 Å². The van der Waals surface area contributed by atoms with Gasteiger partial charge in [0.2, 0.25) is 5.91 Å². The van der Waals surface area contributed by atoms with Gasteiger partial charge in [0.1, 0.15) is 5.75 Å². The van der Waals surface area contributed by atoms with Crippen molar-refractivity contribution in [3.05, 3.63) is 28.3 Å². The second-order valence-electron chi connectivity index (χ2n) is 5.57. The van der Waals surface area contributed by atoms with E-state index in [2.05, 4.69) is 10.6 Å². The van der Waals surface area contributed by atoms with Crippen LogP contribution in [-0.4, -0.2) is 31.5 Å². The molecule has 6 heteroatoms. The minimum Gasteiger partial charge on any atom is -0.484 e. The summed E-state index contributed by atoms with van der Waals surface area (Å²) in [5, 5.41) is 6.20. The quantitative estimate of drug-likeness (QED) is 0.754. The maximum Gasteiger partial charge on any atom is 0.258 e. The van der Waals surface area contributed by atoms with E-state index >= 15 is 0 Å². The van der Waals surface area contributed by atoms with E-state index in [-0.39, 0.29) is 24.3 Å². The highest BCUT2D eigenvalue weighted by atomic mass is 35.5. The van der Waals surface area contributed by atoms with Gasteiger partial charge in [-0.15, -0.1) is 0 Å². The van der Waals surface area contributed by atoms with Gasteiger partial charge in [0, 0.05) is 24.0 Å². The standard InChI is InChI=1S/C16H21ClN2O3/c1-10-7-13(8-11(2)15(10)17)22-9-14(20)18-5-6-19-16(21)12-3-4-12/h7-8,12H,3-6,9H2,1-2H3,(H,18,20)(H,19,21). The minimum atomic E-state index is -0.217. The van der Waals surface area contributed by atoms with Crippen LogP contribution in [0.1, 0.15) is 24.0 Å². The number of carbonyl (C=O) groups excluding carboxylic acids is 2. The molecule has 1 fully saturated rings. The van der Waals surface area contributed by atoms with E-state index in [1.54, 1.807) is 12.1 Å². The predicted octanol–water partition coefficient (Wildman–Crippen LogP) is 1.98. The van der Waals surface area contributed by atoms with Gasteiger partial charge in [-0.3, -0.25) is 9.59 Å². The number of benzene rings is 1. The zero-order valence-electron chi connectivity index (χ0n) is 12.9. The van der Waals surface area contributed by atoms with Gasteiger partial charge in [0.05, 0.1) is 0 Å². The van der Waals surface area contributed by atoms with E-state index < -0.39 is 0 Å². The minimum absolute atomic E-state index is 0.0584. The number of aryl methyl sites for hydroxylation is 2. The van der Waals surface area contributed by atoms with Crippen LogP contribution in [0, 0.1) is 19.8 Å². The van der Waals surface area contributed by atoms with Crippen molar-refractivity contribution < 1.29 is 14.3 Å². The van der Waals surface area contributed by atoms with E-state index in [1.807, 2.05) is 13.8 Å². The second kappa shape index (κ2) is 7.49. The van der Waals surface area contributed by atoms with Gasteiger partial charge >= 0.3 is 0 Å². The van der Waals surface area contributed by atoms with Gasteiger partial charge in [-0.25, -0.2) is 0 Å². The molecular formula is C16H21ClN2O3. The van der Waals surface area contributed by atoms with Gasteiger partial charge in [0.15, 0.2) is 6.61 Å². The predicted molar refractivity (Wildman–Crippen MR) is 85.2 cm³/mol. The normalized spacial score (nSPS) is 13.6. The third kappa shape index (κ3) is 4.91. The molecule has 5 nitrogen and oxygen atoms in total. The Bertz CT molecular complexity index is 548. The third-order valence-corrected chi connectivity index (χ3v) is 4.07. The van der Waals surface area contributed by atoms with Gasteiger partial charge in [-0.05, 0) is 49.9 Å². The molecule has 0 heterocycles. The first-order chi connectivity index (χ1) is 10.5. The lowest BCUT2D eigenvalue weighted by atomic mass is 10.1. The lowest BCUT2D eigenvalue weighted by Gasteiger charge is -2.10. The van der Waals surface area contributed by atoms with Crippen LogP contribution in [0.3, 0.4) is 0 Å². The van der Waals surface area contributed by atoms with Crippen molar-refractivity contribution in [1.29, 1.82) is 0 Å². The van der Waals surface area contributed by atoms with Crippen molar-refractivity contribution in [2.45, 2.75) is 26.7 Å². The molecule has 2 amide bonds. The van der Waals surface area contributed by atoms with Crippen molar-refractivity contribution >= 4 is 23.4 Å². The molecule has 0 saturated heterocycles. The van der Waals surface area contributed by atoms with Crippen molar-refractivity contribution in [3.63, 3.8) is 0 Å². The molecule has 0 bridgehead atoms. The first kappa shape index (κ1) is 16.6. The zero-order valence-corrected chi connectivity index (χ0v) is 13.6. The van der Waals surface area contributed by atoms with E-state index in [1.165, 1.54) is 0 Å². The lowest BCUT2D eigenvalue weighted by Crippen LogP contribution is -2.37. The third-order valence-electron chi connectivity index (χ3n) is 3.47. The highest BCUT2D eigenvalue weighted by Crippen LogP contribution is 2.28. The largest absolute Gasteiger partial charge is 0.484 e. The number of halogens is 1. The maximum atomic E-state index is 11.7. The number of carbonyl (C=O) groups is 2. The van der Waals surface area contributed by atoms with Crippen molar-refractivity contribution in [2.75, 3.05) is 19.7 Å². The highest BCUT2D eigenvalue weighted by Gasteiger charge is 2.28. The first-order valence-electron chi connectivity index (χ1n) is 7.41. The van der Waals surface area contributed by atoms with Crippen LogP contribution in [0.2, 0.25) is 5.02 Å². The molecule has 0 radical (unpaired) electrons. The summed E-state index contributed by atoms with van der Waals surface area (Å²) >= 11 is 6.08. The van der Waals surface area contributed by atoms with Crippen LogP contribution in [0.4, 0.5) is 0 Å². The summed E-state index contributed by atoms with van der Waals surface area (Å²) < 4.78 is 5.45. The topological polar surface area (TPSA) is 67.4 Å². The van der Waals surface area contributed by atoms with Crippen LogP contribution in [-0.2, 0) is 9.59 Å². The fourth-order valence-electron chi connectivity index (χ4n) is 2.07. The molecule has 0 atom stereocenters. The highest BCUT2D eigenvalue weighted by molar-refractivity contribution is 6.32. The van der Waals surface area contributed by atoms with Crippen LogP contribution in [0.5, 0.6) is 5.75 Å². The molecule has 2 N–H and O–H groups in total. The maximum absolute atomic E-state index is 11.7. The average Bonchev–Trinajstić information content (AvgIpc) is 3.31. The first-order valence-corrected chi connectivity index (χ1v) is 7.79. The van der Waals surface area contributed by atoms with Crippen LogP contribution < -0.4 is 15.4 Å². The molecule has 1 aromatic rings. The number of hydrogen-bond donors (Lipinski definition) is 2. The van der Waals surface area contributed by atoms with E-state index in [9.17, 15) is 9.59 Å². The smallest absolute Gasteiger partial charge is 0.258 e. The molecule has 120 valence electrons. The van der Waals surface area contributed by atoms with Crippen molar-refractivity contribution in [2.24, 2.45) is 5.92 Å². The molecule has 0 aliphatic heterocycles. The number of amides is 2. The molecular weight excluding hydrogens is 304 g/mol. The number of rotatable bonds is 7. The van der Waals surface area contributed by atoms with Crippen molar-refractivity contribution in [1.82, 2.24) is 10.6 Å². The average molecular weight is 325 g/mol. The van der Waals surface area contributed by atoms with Gasteiger partial charge < -0.3 is 15.4 Å².